The molecule has 5 rings (SSSR count). The van der Waals surface area contributed by atoms with Crippen LogP contribution in [0.2, 0.25) is 0 Å². The highest BCUT2D eigenvalue weighted by Crippen LogP contribution is 2.44. The van der Waals surface area contributed by atoms with Crippen molar-refractivity contribution in [2.24, 2.45) is 0 Å². The first kappa shape index (κ1) is 32.0. The largest absolute Gasteiger partial charge is 0.355 e. The van der Waals surface area contributed by atoms with Crippen LogP contribution >= 0.6 is 0 Å². The lowest BCUT2D eigenvalue weighted by Gasteiger charge is -2.17. The van der Waals surface area contributed by atoms with Crippen molar-refractivity contribution in [1.82, 2.24) is 19.9 Å². The summed E-state index contributed by atoms with van der Waals surface area (Å²) < 4.78 is 0. The van der Waals surface area contributed by atoms with Crippen LogP contribution in [0, 0.1) is 0 Å². The normalized spacial score (nSPS) is 14.2. The van der Waals surface area contributed by atoms with Gasteiger partial charge in [-0.15, -0.1) is 0 Å². The molecule has 4 heteroatoms. The van der Waals surface area contributed by atoms with Gasteiger partial charge in [0.15, 0.2) is 0 Å². The number of fused-ring (bicyclic) bond motifs is 8. The third-order valence-corrected chi connectivity index (χ3v) is 10.2. The molecule has 0 amide bonds. The summed E-state index contributed by atoms with van der Waals surface area (Å²) in [6, 6.07) is 7.08. The molecule has 0 aliphatic carbocycles. The number of hydrogen-bond acceptors (Lipinski definition) is 2. The van der Waals surface area contributed by atoms with Crippen LogP contribution in [0.4, 0.5) is 0 Å². The second kappa shape index (κ2) is 13.3. The zero-order chi connectivity index (χ0) is 31.7. The zero-order valence-corrected chi connectivity index (χ0v) is 29.1. The topological polar surface area (TPSA) is 57.4 Å². The summed E-state index contributed by atoms with van der Waals surface area (Å²) in [5.74, 6) is 0.351. The average Bonchev–Trinajstić information content (AvgIpc) is 3.76. The van der Waals surface area contributed by atoms with Crippen molar-refractivity contribution in [1.29, 1.82) is 0 Å². The molecule has 2 aliphatic rings. The first-order valence-electron chi connectivity index (χ1n) is 17.6. The molecule has 1 atom stereocenters. The molecule has 0 saturated heterocycles. The fourth-order valence-corrected chi connectivity index (χ4v) is 7.89. The lowest BCUT2D eigenvalue weighted by molar-refractivity contribution is 0.722. The van der Waals surface area contributed by atoms with Crippen molar-refractivity contribution in [2.75, 3.05) is 0 Å². The second-order valence-corrected chi connectivity index (χ2v) is 12.4. The highest BCUT2D eigenvalue weighted by Gasteiger charge is 2.29. The van der Waals surface area contributed by atoms with Gasteiger partial charge in [-0.25, -0.2) is 9.97 Å². The number of aromatic amines is 2. The van der Waals surface area contributed by atoms with Crippen LogP contribution in [0.5, 0.6) is 0 Å². The third-order valence-electron chi connectivity index (χ3n) is 10.2. The van der Waals surface area contributed by atoms with E-state index in [0.29, 0.717) is 5.92 Å². The van der Waals surface area contributed by atoms with Crippen molar-refractivity contribution in [3.63, 3.8) is 0 Å². The predicted octanol–water partition coefficient (Wildman–Crippen LogP) is 11.5. The van der Waals surface area contributed by atoms with Gasteiger partial charge < -0.3 is 9.97 Å². The number of aromatic nitrogens is 4. The van der Waals surface area contributed by atoms with Gasteiger partial charge in [0.2, 0.25) is 0 Å². The van der Waals surface area contributed by atoms with Crippen LogP contribution in [-0.4, -0.2) is 19.9 Å². The number of nitrogens with zero attached hydrogens (tertiary/aromatic N) is 2. The Morgan fingerprint density at radius 3 is 1.11 bits per heavy atom. The van der Waals surface area contributed by atoms with E-state index < -0.39 is 0 Å². The molecule has 2 N–H and O–H groups in total. The van der Waals surface area contributed by atoms with Crippen molar-refractivity contribution in [2.45, 2.75) is 133 Å². The highest BCUT2D eigenvalue weighted by atomic mass is 14.8. The van der Waals surface area contributed by atoms with Crippen LogP contribution in [0.1, 0.15) is 158 Å². The van der Waals surface area contributed by atoms with E-state index in [9.17, 15) is 0 Å². The number of allylic oxidation sites excluding steroid dienone is 4. The van der Waals surface area contributed by atoms with Crippen LogP contribution in [0.3, 0.4) is 0 Å². The van der Waals surface area contributed by atoms with Gasteiger partial charge in [-0.05, 0) is 126 Å². The molecule has 0 spiro atoms. The smallest absolute Gasteiger partial charge is 0.0728 e. The number of hydrogen-bond donors (Lipinski definition) is 2. The van der Waals surface area contributed by atoms with Crippen LogP contribution in [-0.2, 0) is 25.7 Å². The van der Waals surface area contributed by atoms with E-state index in [-0.39, 0.29) is 0 Å². The molecule has 44 heavy (non-hydrogen) atoms. The molecule has 0 saturated carbocycles. The molecule has 1 unspecified atom stereocenters. The molecular weight excluding hydrogens is 536 g/mol. The van der Waals surface area contributed by atoms with Crippen LogP contribution in [0.25, 0.3) is 44.4 Å². The number of nitrogens with one attached hydrogen (secondary N) is 2. The molecule has 4 nitrogen and oxygen atoms in total. The Morgan fingerprint density at radius 2 is 0.818 bits per heavy atom. The van der Waals surface area contributed by atoms with E-state index in [1.54, 1.807) is 0 Å². The molecule has 3 aromatic rings. The van der Waals surface area contributed by atoms with Crippen molar-refractivity contribution >= 4 is 44.4 Å². The number of H-pyrrole nitrogens is 2. The fourth-order valence-electron chi connectivity index (χ4n) is 7.89. The zero-order valence-electron chi connectivity index (χ0n) is 29.1. The minimum Gasteiger partial charge on any atom is -0.355 e. The predicted molar refractivity (Wildman–Crippen MR) is 192 cm³/mol. The van der Waals surface area contributed by atoms with Gasteiger partial charge in [0, 0.05) is 27.6 Å². The molecule has 8 bridgehead atoms. The fraction of sp³-hybridized carbons (Fsp3) is 0.500. The Hall–Kier alpha value is -3.40. The molecule has 5 heterocycles. The molecular formula is C40H54N4. The van der Waals surface area contributed by atoms with Gasteiger partial charge in [-0.2, -0.15) is 0 Å². The third kappa shape index (κ3) is 5.18. The summed E-state index contributed by atoms with van der Waals surface area (Å²) in [6.07, 6.45) is 8.89. The maximum Gasteiger partial charge on any atom is 0.0728 e. The molecule has 3 aromatic heterocycles. The molecule has 0 aromatic carbocycles. The quantitative estimate of drug-likeness (QED) is 0.247. The first-order valence-corrected chi connectivity index (χ1v) is 17.6. The molecule has 2 aliphatic heterocycles. The molecule has 0 radical (unpaired) electrons. The van der Waals surface area contributed by atoms with E-state index in [4.69, 9.17) is 9.97 Å². The molecule has 234 valence electrons. The Labute approximate surface area is 265 Å². The summed E-state index contributed by atoms with van der Waals surface area (Å²) in [6.45, 7) is 23.0. The van der Waals surface area contributed by atoms with Gasteiger partial charge in [0.25, 0.3) is 0 Å². The van der Waals surface area contributed by atoms with Crippen LogP contribution in [0.15, 0.2) is 18.2 Å². The van der Waals surface area contributed by atoms with Gasteiger partial charge >= 0.3 is 0 Å². The van der Waals surface area contributed by atoms with Gasteiger partial charge in [0.05, 0.1) is 22.8 Å². The Kier molecular flexibility index (Phi) is 9.68. The maximum absolute atomic E-state index is 5.55. The second-order valence-electron chi connectivity index (χ2n) is 12.4. The van der Waals surface area contributed by atoms with E-state index in [1.807, 2.05) is 0 Å². The summed E-state index contributed by atoms with van der Waals surface area (Å²) in [4.78, 5) is 18.9. The van der Waals surface area contributed by atoms with Gasteiger partial charge in [-0.1, -0.05) is 69.2 Å². The monoisotopic (exact) mass is 590 g/mol. The Balaban J connectivity index is 2.12. The SMILES string of the molecule is CCC1=C(CC)c2nc1cc1[nH]c(cc3[nH]c(cc4nc(c2C(C)CC)C(CC)=C4CC)c(CC)c3CC)c(CC)c1CC. The highest BCUT2D eigenvalue weighted by molar-refractivity contribution is 5.98. The van der Waals surface area contributed by atoms with E-state index in [0.717, 1.165) is 69.2 Å². The minimum absolute atomic E-state index is 0.351. The lowest BCUT2D eigenvalue weighted by Crippen LogP contribution is -2.03. The first-order chi connectivity index (χ1) is 21.3. The Bertz CT molecular complexity index is 1670. The molecule has 0 fully saturated rings. The summed E-state index contributed by atoms with van der Waals surface area (Å²) in [5, 5.41) is 0. The Morgan fingerprint density at radius 1 is 0.477 bits per heavy atom. The minimum atomic E-state index is 0.351. The average molecular weight is 591 g/mol. The van der Waals surface area contributed by atoms with E-state index >= 15 is 0 Å². The number of aryl methyl sites for hydroxylation is 4. The maximum atomic E-state index is 5.55. The van der Waals surface area contributed by atoms with Crippen LogP contribution < -0.4 is 0 Å². The van der Waals surface area contributed by atoms with Crippen molar-refractivity contribution < 1.29 is 0 Å². The van der Waals surface area contributed by atoms with E-state index in [2.05, 4.69) is 97.4 Å². The van der Waals surface area contributed by atoms with Crippen molar-refractivity contribution in [3.8, 4) is 0 Å². The summed E-state index contributed by atoms with van der Waals surface area (Å²) in [7, 11) is 0. The summed E-state index contributed by atoms with van der Waals surface area (Å²) >= 11 is 0. The summed E-state index contributed by atoms with van der Waals surface area (Å²) in [5.41, 5.74) is 22.0. The van der Waals surface area contributed by atoms with E-state index in [1.165, 1.54) is 83.6 Å². The lowest BCUT2D eigenvalue weighted by atomic mass is 9.87. The van der Waals surface area contributed by atoms with Gasteiger partial charge in [0.1, 0.15) is 0 Å². The standard InChI is InChI=1S/C40H54N4/c1-11-23(10)38-39-30(18-8)28(16-6)36(43-39)21-34-26(14-4)24(12-2)32(41-34)20-33-25(13-3)27(15-5)35(42-33)22-37-29(17-7)31(19-9)40(38)44-37/h20-23,41-42H,11-19H2,1-10H3. The van der Waals surface area contributed by atoms with Crippen molar-refractivity contribution in [3.05, 3.63) is 68.8 Å². The van der Waals surface area contributed by atoms with Gasteiger partial charge in [-0.3, -0.25) is 0 Å². The number of rotatable bonds is 10.